The van der Waals surface area contributed by atoms with E-state index in [0.717, 1.165) is 0 Å². The summed E-state index contributed by atoms with van der Waals surface area (Å²) in [5.41, 5.74) is 5.17. The zero-order chi connectivity index (χ0) is 11.9. The van der Waals surface area contributed by atoms with Crippen LogP contribution in [0.1, 0.15) is 0 Å². The average molecular weight is 243 g/mol. The summed E-state index contributed by atoms with van der Waals surface area (Å²) in [6, 6.07) is 6.96. The number of nitrogens with zero attached hydrogens (tertiary/aromatic N) is 1. The summed E-state index contributed by atoms with van der Waals surface area (Å²) in [4.78, 5) is -0.296. The monoisotopic (exact) mass is 243 g/mol. The van der Waals surface area contributed by atoms with Gasteiger partial charge in [-0.3, -0.25) is 5.43 Å². The summed E-state index contributed by atoms with van der Waals surface area (Å²) in [5, 5.41) is 3.60. The molecule has 7 heteroatoms. The molecule has 1 aliphatic rings. The fraction of sp³-hybridized carbons (Fsp3) is 0. The van der Waals surface area contributed by atoms with E-state index in [-0.39, 0.29) is 4.90 Å². The van der Waals surface area contributed by atoms with Crippen molar-refractivity contribution in [1.82, 2.24) is 11.0 Å². The van der Waals surface area contributed by atoms with E-state index >= 15 is 0 Å². The molecule has 86 valence electrons. The minimum Gasteiger partial charge on any atom is -0.292 e. The number of rotatable bonds is 1. The Hall–Kier alpha value is -1.89. The molecule has 1 heterocycles. The van der Waals surface area contributed by atoms with Crippen LogP contribution in [0.5, 0.6) is 0 Å². The highest BCUT2D eigenvalue weighted by molar-refractivity contribution is 7.86. The zero-order valence-electron chi connectivity index (χ0n) is 8.17. The highest BCUT2D eigenvalue weighted by Crippen LogP contribution is 2.09. The Morgan fingerprint density at radius 1 is 1.19 bits per heavy atom. The number of hydrogen-bond donors (Lipinski definition) is 2. The normalized spacial score (nSPS) is 13.1. The molecule has 0 fully saturated rings. The smallest absolute Gasteiger partial charge is 0.292 e. The first-order chi connectivity index (χ1) is 7.61. The van der Waals surface area contributed by atoms with Crippen molar-refractivity contribution in [2.24, 2.45) is 5.10 Å². The van der Waals surface area contributed by atoms with Crippen LogP contribution >= 0.6 is 0 Å². The summed E-state index contributed by atoms with van der Waals surface area (Å²) in [7, 11) is -4.50. The number of hydrogen-bond acceptors (Lipinski definition) is 5. The second-order valence-electron chi connectivity index (χ2n) is 2.64. The topological polar surface area (TPSA) is 70.6 Å². The third-order valence-corrected chi connectivity index (χ3v) is 2.33. The van der Waals surface area contributed by atoms with Crippen molar-refractivity contribution in [3.05, 3.63) is 42.6 Å². The first kappa shape index (κ1) is 12.2. The van der Waals surface area contributed by atoms with E-state index in [1.54, 1.807) is 24.6 Å². The second kappa shape index (κ2) is 5.86. The van der Waals surface area contributed by atoms with Gasteiger partial charge in [0.05, 0.1) is 11.1 Å². The van der Waals surface area contributed by atoms with Gasteiger partial charge < -0.3 is 0 Å². The number of allylic oxidation sites excluding steroid dienone is 1. The van der Waals surface area contributed by atoms with E-state index in [0.29, 0.717) is 0 Å². The SMILES string of the molecule is C1=CNNN=C1.O=S(=O)(F)c1ccccc1. The van der Waals surface area contributed by atoms with Gasteiger partial charge in [0.15, 0.2) is 0 Å². The van der Waals surface area contributed by atoms with Crippen molar-refractivity contribution >= 4 is 16.4 Å². The highest BCUT2D eigenvalue weighted by atomic mass is 32.3. The van der Waals surface area contributed by atoms with Crippen molar-refractivity contribution in [2.75, 3.05) is 0 Å². The third kappa shape index (κ3) is 4.56. The van der Waals surface area contributed by atoms with Gasteiger partial charge in [0.25, 0.3) is 0 Å². The summed E-state index contributed by atoms with van der Waals surface area (Å²) >= 11 is 0. The van der Waals surface area contributed by atoms with E-state index in [4.69, 9.17) is 0 Å². The lowest BCUT2D eigenvalue weighted by Crippen LogP contribution is -2.22. The van der Waals surface area contributed by atoms with Crippen LogP contribution in [-0.4, -0.2) is 14.6 Å². The molecule has 0 bridgehead atoms. The maximum absolute atomic E-state index is 12.1. The third-order valence-electron chi connectivity index (χ3n) is 1.49. The fourth-order valence-electron chi connectivity index (χ4n) is 0.829. The maximum atomic E-state index is 12.1. The standard InChI is InChI=1S/C6H5FO2S.C3H5N3/c7-10(8,9)6-4-2-1-3-5-6;1-2-4-6-5-3-1/h1-5H;1-4,6H. The van der Waals surface area contributed by atoms with Gasteiger partial charge in [0, 0.05) is 6.20 Å². The predicted octanol–water partition coefficient (Wildman–Crippen LogP) is 0.939. The molecular formula is C9H10FN3O2S. The predicted molar refractivity (Wildman–Crippen MR) is 58.6 cm³/mol. The average Bonchev–Trinajstić information content (AvgIpc) is 2.32. The molecule has 2 rings (SSSR count). The van der Waals surface area contributed by atoms with Gasteiger partial charge in [-0.05, 0) is 18.2 Å². The van der Waals surface area contributed by atoms with Crippen LogP contribution in [0.2, 0.25) is 0 Å². The molecule has 0 aliphatic carbocycles. The van der Waals surface area contributed by atoms with Gasteiger partial charge in [-0.1, -0.05) is 18.2 Å². The molecule has 0 spiro atoms. The minimum absolute atomic E-state index is 0.296. The summed E-state index contributed by atoms with van der Waals surface area (Å²) < 4.78 is 32.4. The van der Waals surface area contributed by atoms with Crippen molar-refractivity contribution in [3.63, 3.8) is 0 Å². The Morgan fingerprint density at radius 3 is 2.12 bits per heavy atom. The van der Waals surface area contributed by atoms with Crippen LogP contribution in [0.3, 0.4) is 0 Å². The maximum Gasteiger partial charge on any atom is 0.332 e. The van der Waals surface area contributed by atoms with Gasteiger partial charge in [0.2, 0.25) is 0 Å². The highest BCUT2D eigenvalue weighted by Gasteiger charge is 2.08. The minimum atomic E-state index is -4.50. The van der Waals surface area contributed by atoms with Gasteiger partial charge in [-0.15, -0.1) is 3.89 Å². The molecule has 1 aliphatic heterocycles. The van der Waals surface area contributed by atoms with Gasteiger partial charge in [-0.2, -0.15) is 13.5 Å². The van der Waals surface area contributed by atoms with Crippen molar-refractivity contribution in [2.45, 2.75) is 4.90 Å². The number of nitrogens with one attached hydrogen (secondary N) is 2. The van der Waals surface area contributed by atoms with Crippen LogP contribution in [0, 0.1) is 0 Å². The Kier molecular flexibility index (Phi) is 4.46. The number of hydrazone groups is 1. The molecular weight excluding hydrogens is 233 g/mol. The van der Waals surface area contributed by atoms with Crippen molar-refractivity contribution < 1.29 is 12.3 Å². The van der Waals surface area contributed by atoms with Crippen LogP contribution in [-0.2, 0) is 10.2 Å². The molecule has 0 radical (unpaired) electrons. The van der Waals surface area contributed by atoms with E-state index < -0.39 is 10.2 Å². The van der Waals surface area contributed by atoms with E-state index in [1.807, 2.05) is 0 Å². The lowest BCUT2D eigenvalue weighted by Gasteiger charge is -1.97. The Bertz CT molecular complexity index is 459. The summed E-state index contributed by atoms with van der Waals surface area (Å²) in [6.45, 7) is 0. The van der Waals surface area contributed by atoms with Gasteiger partial charge in [-0.25, -0.2) is 5.53 Å². The second-order valence-corrected chi connectivity index (χ2v) is 3.99. The first-order valence-electron chi connectivity index (χ1n) is 4.29. The Balaban J connectivity index is 0.000000181. The summed E-state index contributed by atoms with van der Waals surface area (Å²) in [5.74, 6) is 0. The number of benzene rings is 1. The number of hydrazine groups is 1. The summed E-state index contributed by atoms with van der Waals surface area (Å²) in [6.07, 6.45) is 5.22. The quantitative estimate of drug-likeness (QED) is 0.720. The molecule has 0 atom stereocenters. The molecule has 1 aromatic rings. The van der Waals surface area contributed by atoms with Gasteiger partial charge >= 0.3 is 10.2 Å². The van der Waals surface area contributed by atoms with Crippen molar-refractivity contribution in [3.8, 4) is 0 Å². The van der Waals surface area contributed by atoms with Crippen LogP contribution in [0.15, 0.2) is 52.6 Å². The molecule has 0 saturated carbocycles. The largest absolute Gasteiger partial charge is 0.332 e. The molecule has 16 heavy (non-hydrogen) atoms. The lowest BCUT2D eigenvalue weighted by molar-refractivity contribution is 0.552. The molecule has 0 amide bonds. The molecule has 5 nitrogen and oxygen atoms in total. The van der Waals surface area contributed by atoms with Gasteiger partial charge in [0.1, 0.15) is 0 Å². The number of halogens is 1. The van der Waals surface area contributed by atoms with Crippen LogP contribution in [0.25, 0.3) is 0 Å². The molecule has 0 aromatic heterocycles. The molecule has 1 aromatic carbocycles. The van der Waals surface area contributed by atoms with E-state index in [2.05, 4.69) is 16.1 Å². The zero-order valence-corrected chi connectivity index (χ0v) is 8.99. The van der Waals surface area contributed by atoms with Crippen LogP contribution < -0.4 is 11.0 Å². The molecule has 0 unspecified atom stereocenters. The van der Waals surface area contributed by atoms with Crippen molar-refractivity contribution in [1.29, 1.82) is 0 Å². The molecule has 2 N–H and O–H groups in total. The Labute approximate surface area is 92.9 Å². The van der Waals surface area contributed by atoms with E-state index in [1.165, 1.54) is 24.3 Å². The van der Waals surface area contributed by atoms with Crippen LogP contribution in [0.4, 0.5) is 3.89 Å². The Morgan fingerprint density at radius 2 is 1.88 bits per heavy atom. The van der Waals surface area contributed by atoms with E-state index in [9.17, 15) is 12.3 Å². The first-order valence-corrected chi connectivity index (χ1v) is 5.67. The lowest BCUT2D eigenvalue weighted by atomic mass is 10.4. The fourth-order valence-corrected chi connectivity index (χ4v) is 1.31. The molecule has 0 saturated heterocycles.